The molecule has 0 aliphatic carbocycles. The van der Waals surface area contributed by atoms with Crippen LogP contribution in [0.2, 0.25) is 0 Å². The van der Waals surface area contributed by atoms with Crippen LogP contribution in [0.4, 0.5) is 0 Å². The number of rotatable bonds is 5. The minimum absolute atomic E-state index is 0.571. The van der Waals surface area contributed by atoms with Gasteiger partial charge in [0, 0.05) is 12.4 Å². The summed E-state index contributed by atoms with van der Waals surface area (Å²) in [5.41, 5.74) is 6.58. The SMILES string of the molecule is NCc1ccc(OCCCCl)cc1. The van der Waals surface area contributed by atoms with Gasteiger partial charge in [-0.15, -0.1) is 11.6 Å². The molecule has 0 amide bonds. The lowest BCUT2D eigenvalue weighted by Gasteiger charge is -2.04. The molecule has 3 heteroatoms. The molecule has 0 aromatic heterocycles. The summed E-state index contributed by atoms with van der Waals surface area (Å²) in [5.74, 6) is 1.52. The average molecular weight is 200 g/mol. The number of benzene rings is 1. The molecule has 0 unspecified atom stereocenters. The number of nitrogens with two attached hydrogens (primary N) is 1. The molecule has 0 spiro atoms. The van der Waals surface area contributed by atoms with Crippen molar-refractivity contribution >= 4 is 11.6 Å². The molecule has 2 N–H and O–H groups in total. The van der Waals surface area contributed by atoms with Crippen LogP contribution in [0, 0.1) is 0 Å². The predicted molar refractivity (Wildman–Crippen MR) is 55.2 cm³/mol. The Hall–Kier alpha value is -0.730. The molecule has 0 saturated heterocycles. The lowest BCUT2D eigenvalue weighted by molar-refractivity contribution is 0.318. The molecule has 2 nitrogen and oxygen atoms in total. The Balaban J connectivity index is 2.40. The van der Waals surface area contributed by atoms with E-state index in [1.165, 1.54) is 0 Å². The third kappa shape index (κ3) is 3.66. The third-order valence-corrected chi connectivity index (χ3v) is 1.97. The highest BCUT2D eigenvalue weighted by atomic mass is 35.5. The first-order valence-electron chi connectivity index (χ1n) is 4.34. The van der Waals surface area contributed by atoms with Gasteiger partial charge in [-0.25, -0.2) is 0 Å². The molecule has 0 saturated carbocycles. The molecule has 0 bridgehead atoms. The molecule has 0 atom stereocenters. The molecular weight excluding hydrogens is 186 g/mol. The first-order valence-corrected chi connectivity index (χ1v) is 4.88. The van der Waals surface area contributed by atoms with Crippen molar-refractivity contribution in [1.29, 1.82) is 0 Å². The van der Waals surface area contributed by atoms with Gasteiger partial charge in [0.15, 0.2) is 0 Å². The maximum atomic E-state index is 5.52. The van der Waals surface area contributed by atoms with Gasteiger partial charge in [0.2, 0.25) is 0 Å². The van der Waals surface area contributed by atoms with Gasteiger partial charge in [-0.05, 0) is 24.1 Å². The quantitative estimate of drug-likeness (QED) is 0.583. The Bertz CT molecular complexity index is 235. The second kappa shape index (κ2) is 5.84. The molecule has 1 rings (SSSR count). The van der Waals surface area contributed by atoms with Crippen LogP contribution in [0.15, 0.2) is 24.3 Å². The van der Waals surface area contributed by atoms with Crippen LogP contribution < -0.4 is 10.5 Å². The van der Waals surface area contributed by atoms with Crippen LogP contribution >= 0.6 is 11.6 Å². The Kier molecular flexibility index (Phi) is 4.65. The number of hydrogen-bond acceptors (Lipinski definition) is 2. The Labute approximate surface area is 83.6 Å². The van der Waals surface area contributed by atoms with Crippen LogP contribution in [0.1, 0.15) is 12.0 Å². The highest BCUT2D eigenvalue weighted by Crippen LogP contribution is 2.11. The van der Waals surface area contributed by atoms with Crippen LogP contribution in [-0.4, -0.2) is 12.5 Å². The van der Waals surface area contributed by atoms with Crippen molar-refractivity contribution in [2.45, 2.75) is 13.0 Å². The fraction of sp³-hybridized carbons (Fsp3) is 0.400. The van der Waals surface area contributed by atoms with Gasteiger partial charge in [0.05, 0.1) is 6.61 Å². The molecule has 0 fully saturated rings. The zero-order valence-electron chi connectivity index (χ0n) is 7.50. The summed E-state index contributed by atoms with van der Waals surface area (Å²) in [6.07, 6.45) is 0.875. The van der Waals surface area contributed by atoms with Gasteiger partial charge in [-0.1, -0.05) is 12.1 Å². The van der Waals surface area contributed by atoms with Crippen LogP contribution in [0.3, 0.4) is 0 Å². The smallest absolute Gasteiger partial charge is 0.119 e. The van der Waals surface area contributed by atoms with E-state index in [0.717, 1.165) is 17.7 Å². The molecule has 0 heterocycles. The number of alkyl halides is 1. The van der Waals surface area contributed by atoms with E-state index in [1.54, 1.807) is 0 Å². The first-order chi connectivity index (χ1) is 6.36. The number of hydrogen-bond donors (Lipinski definition) is 1. The number of ether oxygens (including phenoxy) is 1. The fourth-order valence-corrected chi connectivity index (χ4v) is 1.08. The van der Waals surface area contributed by atoms with Crippen molar-refractivity contribution in [3.8, 4) is 5.75 Å². The fourth-order valence-electron chi connectivity index (χ4n) is 0.966. The summed E-state index contributed by atoms with van der Waals surface area (Å²) >= 11 is 5.52. The van der Waals surface area contributed by atoms with Gasteiger partial charge in [-0.2, -0.15) is 0 Å². The van der Waals surface area contributed by atoms with Gasteiger partial charge in [0.25, 0.3) is 0 Å². The van der Waals surface area contributed by atoms with Crippen molar-refractivity contribution in [1.82, 2.24) is 0 Å². The van der Waals surface area contributed by atoms with E-state index < -0.39 is 0 Å². The summed E-state index contributed by atoms with van der Waals surface area (Å²) in [5, 5.41) is 0. The molecule has 1 aromatic carbocycles. The molecular formula is C10H14ClNO. The lowest BCUT2D eigenvalue weighted by atomic mass is 10.2. The predicted octanol–water partition coefficient (Wildman–Crippen LogP) is 2.15. The molecule has 0 aliphatic rings. The largest absolute Gasteiger partial charge is 0.494 e. The monoisotopic (exact) mass is 199 g/mol. The van der Waals surface area contributed by atoms with Crippen molar-refractivity contribution in [2.75, 3.05) is 12.5 Å². The molecule has 72 valence electrons. The molecule has 13 heavy (non-hydrogen) atoms. The maximum absolute atomic E-state index is 5.52. The van der Waals surface area contributed by atoms with Crippen LogP contribution in [0.5, 0.6) is 5.75 Å². The topological polar surface area (TPSA) is 35.2 Å². The highest BCUT2D eigenvalue weighted by molar-refractivity contribution is 6.17. The van der Waals surface area contributed by atoms with Crippen LogP contribution in [0.25, 0.3) is 0 Å². The van der Waals surface area contributed by atoms with E-state index in [2.05, 4.69) is 0 Å². The first kappa shape index (κ1) is 10.4. The maximum Gasteiger partial charge on any atom is 0.119 e. The highest BCUT2D eigenvalue weighted by Gasteiger charge is 1.93. The summed E-state index contributed by atoms with van der Waals surface area (Å²) in [6.45, 7) is 1.24. The summed E-state index contributed by atoms with van der Waals surface area (Å²) in [7, 11) is 0. The minimum atomic E-state index is 0.571. The van der Waals surface area contributed by atoms with E-state index in [9.17, 15) is 0 Å². The van der Waals surface area contributed by atoms with E-state index >= 15 is 0 Å². The molecule has 1 aromatic rings. The third-order valence-electron chi connectivity index (χ3n) is 1.71. The van der Waals surface area contributed by atoms with Gasteiger partial charge in [-0.3, -0.25) is 0 Å². The van der Waals surface area contributed by atoms with Crippen molar-refractivity contribution in [3.05, 3.63) is 29.8 Å². The zero-order valence-corrected chi connectivity index (χ0v) is 8.26. The van der Waals surface area contributed by atoms with E-state index in [0.29, 0.717) is 19.0 Å². The zero-order chi connectivity index (χ0) is 9.52. The molecule has 0 aliphatic heterocycles. The second-order valence-corrected chi connectivity index (χ2v) is 3.12. The molecule has 0 radical (unpaired) electrons. The Morgan fingerprint density at radius 3 is 2.46 bits per heavy atom. The Morgan fingerprint density at radius 2 is 1.92 bits per heavy atom. The number of halogens is 1. The van der Waals surface area contributed by atoms with Crippen molar-refractivity contribution in [3.63, 3.8) is 0 Å². The van der Waals surface area contributed by atoms with Gasteiger partial charge < -0.3 is 10.5 Å². The van der Waals surface area contributed by atoms with E-state index in [4.69, 9.17) is 22.1 Å². The minimum Gasteiger partial charge on any atom is -0.494 e. The summed E-state index contributed by atoms with van der Waals surface area (Å²) in [6, 6.07) is 7.79. The summed E-state index contributed by atoms with van der Waals surface area (Å²) in [4.78, 5) is 0. The van der Waals surface area contributed by atoms with Gasteiger partial charge in [0.1, 0.15) is 5.75 Å². The summed E-state index contributed by atoms with van der Waals surface area (Å²) < 4.78 is 5.42. The van der Waals surface area contributed by atoms with Crippen LogP contribution in [-0.2, 0) is 6.54 Å². The normalized spacial score (nSPS) is 10.0. The lowest BCUT2D eigenvalue weighted by Crippen LogP contribution is -1.99. The van der Waals surface area contributed by atoms with Gasteiger partial charge >= 0.3 is 0 Å². The average Bonchev–Trinajstić information content (AvgIpc) is 2.19. The van der Waals surface area contributed by atoms with E-state index in [1.807, 2.05) is 24.3 Å². The second-order valence-electron chi connectivity index (χ2n) is 2.74. The van der Waals surface area contributed by atoms with Crippen molar-refractivity contribution in [2.24, 2.45) is 5.73 Å². The van der Waals surface area contributed by atoms with E-state index in [-0.39, 0.29) is 0 Å². The standard InChI is InChI=1S/C10H14ClNO/c11-6-1-7-13-10-4-2-9(8-12)3-5-10/h2-5H,1,6-8,12H2. The Morgan fingerprint density at radius 1 is 1.23 bits per heavy atom. The van der Waals surface area contributed by atoms with Crippen molar-refractivity contribution < 1.29 is 4.74 Å².